The van der Waals surface area contributed by atoms with Gasteiger partial charge in [0.15, 0.2) is 5.58 Å². The highest BCUT2D eigenvalue weighted by Gasteiger charge is 2.22. The molecule has 182 valence electrons. The summed E-state index contributed by atoms with van der Waals surface area (Å²) in [5.41, 5.74) is 7.86. The number of hydrogen-bond donors (Lipinski definition) is 0. The number of nitrogens with zero attached hydrogens (tertiary/aromatic N) is 3. The van der Waals surface area contributed by atoms with Crippen LogP contribution in [-0.4, -0.2) is 14.5 Å². The van der Waals surface area contributed by atoms with Crippen LogP contribution in [0.25, 0.3) is 83.0 Å². The Morgan fingerprint density at radius 1 is 0.487 bits per heavy atom. The minimum atomic E-state index is 0.603. The smallest absolute Gasteiger partial charge is 0.236 e. The summed E-state index contributed by atoms with van der Waals surface area (Å²) in [6, 6.07) is 39.0. The van der Waals surface area contributed by atoms with Gasteiger partial charge in [-0.15, -0.1) is 0 Å². The minimum absolute atomic E-state index is 0.603. The quantitative estimate of drug-likeness (QED) is 0.237. The molecule has 5 nitrogen and oxygen atoms in total. The standard InChI is InChI=1S/C34H19N3O2/c1-2-10-20(11-3-1)31-33-32(23-14-6-9-17-27(23)39-33)36-34(35-31)37-24-15-7-4-12-21(24)29-25(37)18-19-28-30(29)22-13-5-8-16-26(22)38-28/h1-19H. The maximum Gasteiger partial charge on any atom is 0.236 e. The molecule has 0 unspecified atom stereocenters. The van der Waals surface area contributed by atoms with Gasteiger partial charge in [-0.2, -0.15) is 0 Å². The van der Waals surface area contributed by atoms with Gasteiger partial charge in [0.25, 0.3) is 0 Å². The third-order valence-corrected chi connectivity index (χ3v) is 7.63. The first kappa shape index (κ1) is 20.6. The van der Waals surface area contributed by atoms with Gasteiger partial charge >= 0.3 is 0 Å². The topological polar surface area (TPSA) is 57.0 Å². The van der Waals surface area contributed by atoms with Crippen molar-refractivity contribution in [2.45, 2.75) is 0 Å². The average Bonchev–Trinajstić information content (AvgIpc) is 3.66. The Kier molecular flexibility index (Phi) is 3.99. The predicted octanol–water partition coefficient (Wildman–Crippen LogP) is 9.04. The van der Waals surface area contributed by atoms with Gasteiger partial charge in [0.2, 0.25) is 5.95 Å². The van der Waals surface area contributed by atoms with Crippen LogP contribution in [0.4, 0.5) is 0 Å². The van der Waals surface area contributed by atoms with Crippen LogP contribution < -0.4 is 0 Å². The van der Waals surface area contributed by atoms with Crippen LogP contribution in [0.1, 0.15) is 0 Å². The van der Waals surface area contributed by atoms with E-state index in [2.05, 4.69) is 71.3 Å². The van der Waals surface area contributed by atoms with Crippen molar-refractivity contribution in [2.24, 2.45) is 0 Å². The number of furan rings is 2. The van der Waals surface area contributed by atoms with Crippen molar-refractivity contribution < 1.29 is 8.83 Å². The molecule has 0 fully saturated rings. The monoisotopic (exact) mass is 501 g/mol. The summed E-state index contributed by atoms with van der Waals surface area (Å²) >= 11 is 0. The summed E-state index contributed by atoms with van der Waals surface area (Å²) in [5, 5.41) is 5.44. The van der Waals surface area contributed by atoms with Gasteiger partial charge in [-0.25, -0.2) is 9.97 Å². The summed E-state index contributed by atoms with van der Waals surface area (Å²) in [7, 11) is 0. The molecule has 4 aromatic heterocycles. The molecule has 4 heterocycles. The second-order valence-electron chi connectivity index (χ2n) is 9.80. The molecule has 0 aliphatic carbocycles. The Bertz CT molecular complexity index is 2390. The molecule has 0 spiro atoms. The third kappa shape index (κ3) is 2.79. The predicted molar refractivity (Wildman–Crippen MR) is 156 cm³/mol. The van der Waals surface area contributed by atoms with Crippen molar-refractivity contribution in [1.82, 2.24) is 14.5 Å². The molecule has 39 heavy (non-hydrogen) atoms. The molecule has 9 rings (SSSR count). The highest BCUT2D eigenvalue weighted by Crippen LogP contribution is 2.41. The second kappa shape index (κ2) is 7.55. The molecule has 0 saturated heterocycles. The zero-order valence-electron chi connectivity index (χ0n) is 20.6. The lowest BCUT2D eigenvalue weighted by Gasteiger charge is -2.09. The highest BCUT2D eigenvalue weighted by molar-refractivity contribution is 6.27. The van der Waals surface area contributed by atoms with Crippen molar-refractivity contribution >= 4 is 65.8 Å². The fourth-order valence-corrected chi connectivity index (χ4v) is 5.96. The van der Waals surface area contributed by atoms with Crippen molar-refractivity contribution in [2.75, 3.05) is 0 Å². The Balaban J connectivity index is 1.47. The van der Waals surface area contributed by atoms with Crippen molar-refractivity contribution in [3.8, 4) is 17.2 Å². The van der Waals surface area contributed by atoms with E-state index in [4.69, 9.17) is 18.8 Å². The van der Waals surface area contributed by atoms with E-state index in [-0.39, 0.29) is 0 Å². The minimum Gasteiger partial charge on any atom is -0.456 e. The zero-order chi connectivity index (χ0) is 25.5. The van der Waals surface area contributed by atoms with E-state index >= 15 is 0 Å². The molecule has 0 atom stereocenters. The first-order valence-corrected chi connectivity index (χ1v) is 12.9. The SMILES string of the molecule is c1ccc(-c2nc(-n3c4ccccc4c4c5c(ccc43)oc3ccccc35)nc3c2oc2ccccc23)cc1. The number of para-hydroxylation sites is 3. The summed E-state index contributed by atoms with van der Waals surface area (Å²) in [5.74, 6) is 0.603. The van der Waals surface area contributed by atoms with Crippen LogP contribution in [0.3, 0.4) is 0 Å². The maximum atomic E-state index is 6.33. The molecule has 0 N–H and O–H groups in total. The normalized spacial score (nSPS) is 12.1. The van der Waals surface area contributed by atoms with Gasteiger partial charge in [-0.3, -0.25) is 4.57 Å². The molecule has 9 aromatic rings. The molecule has 0 saturated carbocycles. The molecule has 0 amide bonds. The molecule has 0 bridgehead atoms. The van der Waals surface area contributed by atoms with Gasteiger partial charge in [-0.1, -0.05) is 78.9 Å². The summed E-state index contributed by atoms with van der Waals surface area (Å²) in [6.45, 7) is 0. The maximum absolute atomic E-state index is 6.33. The van der Waals surface area contributed by atoms with E-state index in [0.717, 1.165) is 71.5 Å². The molecular weight excluding hydrogens is 482 g/mol. The van der Waals surface area contributed by atoms with Crippen molar-refractivity contribution in [3.05, 3.63) is 115 Å². The second-order valence-corrected chi connectivity index (χ2v) is 9.80. The van der Waals surface area contributed by atoms with E-state index in [0.29, 0.717) is 11.5 Å². The van der Waals surface area contributed by atoms with Gasteiger partial charge in [0, 0.05) is 32.5 Å². The third-order valence-electron chi connectivity index (χ3n) is 7.63. The van der Waals surface area contributed by atoms with Gasteiger partial charge in [0.05, 0.1) is 11.0 Å². The van der Waals surface area contributed by atoms with E-state index < -0.39 is 0 Å². The highest BCUT2D eigenvalue weighted by atomic mass is 16.3. The van der Waals surface area contributed by atoms with Crippen LogP contribution in [-0.2, 0) is 0 Å². The number of hydrogen-bond acceptors (Lipinski definition) is 4. The van der Waals surface area contributed by atoms with Gasteiger partial charge in [0.1, 0.15) is 28.0 Å². The number of aromatic nitrogens is 3. The molecule has 0 aliphatic heterocycles. The van der Waals surface area contributed by atoms with E-state index in [1.54, 1.807) is 0 Å². The van der Waals surface area contributed by atoms with E-state index in [1.807, 2.05) is 48.5 Å². The molecule has 5 heteroatoms. The zero-order valence-corrected chi connectivity index (χ0v) is 20.6. The molecule has 0 aliphatic rings. The molecule has 0 radical (unpaired) electrons. The number of fused-ring (bicyclic) bond motifs is 10. The average molecular weight is 502 g/mol. The number of benzene rings is 5. The summed E-state index contributed by atoms with van der Waals surface area (Å²) in [4.78, 5) is 10.3. The largest absolute Gasteiger partial charge is 0.456 e. The van der Waals surface area contributed by atoms with Crippen LogP contribution >= 0.6 is 0 Å². The first-order chi connectivity index (χ1) is 19.3. The van der Waals surface area contributed by atoms with Crippen LogP contribution in [0.5, 0.6) is 0 Å². The van der Waals surface area contributed by atoms with E-state index in [1.165, 1.54) is 0 Å². The van der Waals surface area contributed by atoms with Crippen LogP contribution in [0.2, 0.25) is 0 Å². The van der Waals surface area contributed by atoms with Gasteiger partial charge in [-0.05, 0) is 36.4 Å². The lowest BCUT2D eigenvalue weighted by atomic mass is 10.1. The van der Waals surface area contributed by atoms with E-state index in [9.17, 15) is 0 Å². The lowest BCUT2D eigenvalue weighted by molar-refractivity contribution is 0.666. The fraction of sp³-hybridized carbons (Fsp3) is 0. The lowest BCUT2D eigenvalue weighted by Crippen LogP contribution is -2.02. The van der Waals surface area contributed by atoms with Crippen LogP contribution in [0, 0.1) is 0 Å². The first-order valence-electron chi connectivity index (χ1n) is 12.9. The summed E-state index contributed by atoms with van der Waals surface area (Å²) in [6.07, 6.45) is 0. The van der Waals surface area contributed by atoms with Crippen molar-refractivity contribution in [3.63, 3.8) is 0 Å². The van der Waals surface area contributed by atoms with Gasteiger partial charge < -0.3 is 8.83 Å². The summed E-state index contributed by atoms with van der Waals surface area (Å²) < 4.78 is 14.7. The number of rotatable bonds is 2. The Morgan fingerprint density at radius 2 is 1.18 bits per heavy atom. The Hall–Kier alpha value is -5.42. The van der Waals surface area contributed by atoms with Crippen LogP contribution in [0.15, 0.2) is 124 Å². The Labute approximate surface area is 221 Å². The molecular formula is C34H19N3O2. The molecule has 5 aromatic carbocycles. The Morgan fingerprint density at radius 3 is 2.03 bits per heavy atom. The van der Waals surface area contributed by atoms with Crippen molar-refractivity contribution in [1.29, 1.82) is 0 Å². The fourth-order valence-electron chi connectivity index (χ4n) is 5.96.